The second kappa shape index (κ2) is 5.79. The summed E-state index contributed by atoms with van der Waals surface area (Å²) in [4.78, 5) is 4.32. The first-order valence-corrected chi connectivity index (χ1v) is 7.95. The van der Waals surface area contributed by atoms with E-state index in [-0.39, 0.29) is 6.10 Å². The number of nitrogens with one attached hydrogen (secondary N) is 1. The van der Waals surface area contributed by atoms with E-state index >= 15 is 0 Å². The molecule has 23 heavy (non-hydrogen) atoms. The summed E-state index contributed by atoms with van der Waals surface area (Å²) in [5, 5.41) is 12.6. The highest BCUT2D eigenvalue weighted by atomic mass is 16.7. The van der Waals surface area contributed by atoms with E-state index in [4.69, 9.17) is 14.0 Å². The van der Waals surface area contributed by atoms with Crippen LogP contribution in [0.1, 0.15) is 39.7 Å². The molecule has 7 heteroatoms. The Hall–Kier alpha value is -1.62. The number of rotatable bonds is 3. The van der Waals surface area contributed by atoms with Crippen LogP contribution in [0.4, 0.5) is 0 Å². The van der Waals surface area contributed by atoms with Gasteiger partial charge in [-0.15, -0.1) is 0 Å². The van der Waals surface area contributed by atoms with Crippen LogP contribution in [-0.2, 0) is 9.31 Å². The lowest BCUT2D eigenvalue weighted by molar-refractivity contribution is 0.00578. The standard InChI is InChI=1S/C16H22BN3O3/c1-15(2)16(3,4)23-17(22-15)12-7-11(8-18)14(20-9-12)21-13-5-6-19-10-13/h7,9,13,19H,5-6,10H2,1-4H3. The molecule has 1 atom stereocenters. The Morgan fingerprint density at radius 2 is 2.04 bits per heavy atom. The van der Waals surface area contributed by atoms with Crippen molar-refractivity contribution in [1.82, 2.24) is 10.3 Å². The first-order valence-electron chi connectivity index (χ1n) is 7.95. The van der Waals surface area contributed by atoms with Gasteiger partial charge in [-0.25, -0.2) is 4.98 Å². The van der Waals surface area contributed by atoms with E-state index in [2.05, 4.69) is 16.4 Å². The molecule has 3 rings (SSSR count). The van der Waals surface area contributed by atoms with Crippen LogP contribution >= 0.6 is 0 Å². The topological polar surface area (TPSA) is 76.4 Å². The van der Waals surface area contributed by atoms with Crippen molar-refractivity contribution in [3.05, 3.63) is 17.8 Å². The summed E-state index contributed by atoms with van der Waals surface area (Å²) in [6.07, 6.45) is 2.66. The third-order valence-corrected chi connectivity index (χ3v) is 4.81. The van der Waals surface area contributed by atoms with Gasteiger partial charge in [0, 0.05) is 18.2 Å². The van der Waals surface area contributed by atoms with Gasteiger partial charge in [0.15, 0.2) is 0 Å². The van der Waals surface area contributed by atoms with Crippen molar-refractivity contribution in [1.29, 1.82) is 5.26 Å². The van der Waals surface area contributed by atoms with Gasteiger partial charge >= 0.3 is 7.12 Å². The molecule has 2 saturated heterocycles. The lowest BCUT2D eigenvalue weighted by Gasteiger charge is -2.32. The molecule has 0 saturated carbocycles. The first kappa shape index (κ1) is 16.3. The van der Waals surface area contributed by atoms with Gasteiger partial charge in [0.25, 0.3) is 0 Å². The molecule has 0 bridgehead atoms. The van der Waals surface area contributed by atoms with Crippen LogP contribution in [-0.4, -0.2) is 42.5 Å². The summed E-state index contributed by atoms with van der Waals surface area (Å²) in [6, 6.07) is 3.90. The number of aromatic nitrogens is 1. The van der Waals surface area contributed by atoms with Gasteiger partial charge in [-0.3, -0.25) is 0 Å². The molecule has 2 aliphatic rings. The molecule has 122 valence electrons. The molecule has 2 aliphatic heterocycles. The summed E-state index contributed by atoms with van der Waals surface area (Å²) in [6.45, 7) is 9.70. The number of nitriles is 1. The summed E-state index contributed by atoms with van der Waals surface area (Å²) in [5.74, 6) is 0.376. The van der Waals surface area contributed by atoms with Gasteiger partial charge < -0.3 is 19.4 Å². The van der Waals surface area contributed by atoms with Crippen LogP contribution in [0.2, 0.25) is 0 Å². The maximum absolute atomic E-state index is 9.40. The number of pyridine rings is 1. The third kappa shape index (κ3) is 3.07. The predicted molar refractivity (Wildman–Crippen MR) is 86.6 cm³/mol. The van der Waals surface area contributed by atoms with Gasteiger partial charge in [-0.2, -0.15) is 5.26 Å². The van der Waals surface area contributed by atoms with E-state index in [1.165, 1.54) is 0 Å². The smallest absolute Gasteiger partial charge is 0.472 e. The second-order valence-electron chi connectivity index (χ2n) is 7.05. The van der Waals surface area contributed by atoms with Gasteiger partial charge in [0.05, 0.1) is 11.2 Å². The van der Waals surface area contributed by atoms with E-state index in [0.717, 1.165) is 25.0 Å². The molecule has 1 aromatic heterocycles. The molecular formula is C16H22BN3O3. The van der Waals surface area contributed by atoms with E-state index in [1.807, 2.05) is 27.7 Å². The molecule has 1 unspecified atom stereocenters. The van der Waals surface area contributed by atoms with Gasteiger partial charge in [0.1, 0.15) is 17.7 Å². The van der Waals surface area contributed by atoms with Crippen molar-refractivity contribution in [2.24, 2.45) is 0 Å². The third-order valence-electron chi connectivity index (χ3n) is 4.81. The second-order valence-corrected chi connectivity index (χ2v) is 7.05. The molecule has 0 amide bonds. The minimum atomic E-state index is -0.526. The van der Waals surface area contributed by atoms with E-state index < -0.39 is 18.3 Å². The van der Waals surface area contributed by atoms with Crippen molar-refractivity contribution in [2.45, 2.75) is 51.4 Å². The van der Waals surface area contributed by atoms with Crippen LogP contribution in [0.3, 0.4) is 0 Å². The number of hydrogen-bond donors (Lipinski definition) is 1. The van der Waals surface area contributed by atoms with Crippen molar-refractivity contribution in [3.8, 4) is 11.9 Å². The highest BCUT2D eigenvalue weighted by Gasteiger charge is 2.51. The Bertz CT molecular complexity index is 620. The number of nitrogens with zero attached hydrogens (tertiary/aromatic N) is 2. The molecule has 6 nitrogen and oxygen atoms in total. The minimum absolute atomic E-state index is 0.0669. The summed E-state index contributed by atoms with van der Waals surface area (Å²) in [5.41, 5.74) is 0.297. The maximum atomic E-state index is 9.40. The average Bonchev–Trinajstić information content (AvgIpc) is 3.06. The molecule has 2 fully saturated rings. The van der Waals surface area contributed by atoms with Gasteiger partial charge in [-0.1, -0.05) is 0 Å². The fraction of sp³-hybridized carbons (Fsp3) is 0.625. The van der Waals surface area contributed by atoms with Crippen molar-refractivity contribution in [3.63, 3.8) is 0 Å². The SMILES string of the molecule is CC1(C)OB(c2cnc(OC3CCNC3)c(C#N)c2)OC1(C)C. The zero-order valence-corrected chi connectivity index (χ0v) is 14.0. The number of ether oxygens (including phenoxy) is 1. The van der Waals surface area contributed by atoms with Crippen LogP contribution in [0.25, 0.3) is 0 Å². The molecule has 0 spiro atoms. The Labute approximate surface area is 137 Å². The van der Waals surface area contributed by atoms with Crippen molar-refractivity contribution in [2.75, 3.05) is 13.1 Å². The predicted octanol–water partition coefficient (Wildman–Crippen LogP) is 0.993. The normalized spacial score (nSPS) is 25.3. The largest absolute Gasteiger partial charge is 0.496 e. The van der Waals surface area contributed by atoms with Crippen LogP contribution in [0.15, 0.2) is 12.3 Å². The fourth-order valence-electron chi connectivity index (χ4n) is 2.64. The van der Waals surface area contributed by atoms with E-state index in [9.17, 15) is 5.26 Å². The van der Waals surface area contributed by atoms with Crippen LogP contribution in [0, 0.1) is 11.3 Å². The van der Waals surface area contributed by atoms with E-state index in [1.54, 1.807) is 12.3 Å². The van der Waals surface area contributed by atoms with E-state index in [0.29, 0.717) is 11.4 Å². The monoisotopic (exact) mass is 315 g/mol. The number of hydrogen-bond acceptors (Lipinski definition) is 6. The molecule has 0 radical (unpaired) electrons. The lowest BCUT2D eigenvalue weighted by Crippen LogP contribution is -2.41. The van der Waals surface area contributed by atoms with Crippen molar-refractivity contribution < 1.29 is 14.0 Å². The maximum Gasteiger partial charge on any atom is 0.496 e. The highest BCUT2D eigenvalue weighted by molar-refractivity contribution is 6.62. The first-order chi connectivity index (χ1) is 10.8. The Morgan fingerprint density at radius 3 is 2.61 bits per heavy atom. The summed E-state index contributed by atoms with van der Waals surface area (Å²) < 4.78 is 17.8. The lowest BCUT2D eigenvalue weighted by atomic mass is 9.80. The van der Waals surface area contributed by atoms with Gasteiger partial charge in [-0.05, 0) is 46.7 Å². The fourth-order valence-corrected chi connectivity index (χ4v) is 2.64. The molecule has 3 heterocycles. The molecule has 1 aromatic rings. The van der Waals surface area contributed by atoms with Crippen molar-refractivity contribution >= 4 is 12.6 Å². The Kier molecular flexibility index (Phi) is 4.09. The van der Waals surface area contributed by atoms with Crippen LogP contribution in [0.5, 0.6) is 5.88 Å². The van der Waals surface area contributed by atoms with Gasteiger partial charge in [0.2, 0.25) is 5.88 Å². The Morgan fingerprint density at radius 1 is 1.35 bits per heavy atom. The molecule has 0 aliphatic carbocycles. The quantitative estimate of drug-likeness (QED) is 0.839. The molecule has 1 N–H and O–H groups in total. The summed E-state index contributed by atoms with van der Waals surface area (Å²) >= 11 is 0. The van der Waals surface area contributed by atoms with Crippen LogP contribution < -0.4 is 15.5 Å². The Balaban J connectivity index is 1.81. The molecular weight excluding hydrogens is 293 g/mol. The molecule has 0 aromatic carbocycles. The minimum Gasteiger partial charge on any atom is -0.472 e. The average molecular weight is 315 g/mol. The zero-order valence-electron chi connectivity index (χ0n) is 14.0. The summed E-state index contributed by atoms with van der Waals surface area (Å²) in [7, 11) is -0.526. The zero-order chi connectivity index (χ0) is 16.7. The highest BCUT2D eigenvalue weighted by Crippen LogP contribution is 2.36.